The predicted octanol–water partition coefficient (Wildman–Crippen LogP) is -1.38. The van der Waals surface area contributed by atoms with E-state index in [0.717, 1.165) is 5.56 Å². The standard InChI is InChI=1S/C14H24NO3.ClH/c1-14(16,10-15(2,3)4)12-9-11(17-5)7-8-13(12)18-6;/h7-9,16H,10H2,1-6H3;1H/q+1;/p-1. The molecule has 1 atom stereocenters. The van der Waals surface area contributed by atoms with Crippen molar-refractivity contribution in [3.63, 3.8) is 0 Å². The molecule has 5 heteroatoms. The van der Waals surface area contributed by atoms with Crippen molar-refractivity contribution in [2.75, 3.05) is 41.9 Å². The van der Waals surface area contributed by atoms with E-state index in [2.05, 4.69) is 0 Å². The summed E-state index contributed by atoms with van der Waals surface area (Å²) in [6.07, 6.45) is 0. The molecular weight excluding hydrogens is 266 g/mol. The molecule has 0 aliphatic heterocycles. The van der Waals surface area contributed by atoms with Gasteiger partial charge in [-0.1, -0.05) is 0 Å². The zero-order valence-electron chi connectivity index (χ0n) is 12.5. The summed E-state index contributed by atoms with van der Waals surface area (Å²) < 4.78 is 11.2. The van der Waals surface area contributed by atoms with Gasteiger partial charge in [0.15, 0.2) is 0 Å². The van der Waals surface area contributed by atoms with Gasteiger partial charge in [0, 0.05) is 5.56 Å². The quantitative estimate of drug-likeness (QED) is 0.679. The van der Waals surface area contributed by atoms with Crippen molar-refractivity contribution >= 4 is 0 Å². The van der Waals surface area contributed by atoms with Crippen LogP contribution in [0.1, 0.15) is 12.5 Å². The lowest BCUT2D eigenvalue weighted by atomic mass is 9.93. The second kappa shape index (κ2) is 6.46. The number of benzene rings is 1. The first-order valence-electron chi connectivity index (χ1n) is 5.95. The van der Waals surface area contributed by atoms with Crippen LogP contribution in [0.3, 0.4) is 0 Å². The fourth-order valence-electron chi connectivity index (χ4n) is 2.24. The normalized spacial score (nSPS) is 14.3. The molecule has 0 amide bonds. The molecule has 110 valence electrons. The lowest BCUT2D eigenvalue weighted by Crippen LogP contribution is -3.00. The molecule has 0 aliphatic carbocycles. The lowest BCUT2D eigenvalue weighted by Gasteiger charge is -2.34. The molecule has 0 spiro atoms. The van der Waals surface area contributed by atoms with Gasteiger partial charge < -0.3 is 31.5 Å². The first kappa shape index (κ1) is 18.0. The van der Waals surface area contributed by atoms with E-state index in [1.54, 1.807) is 21.1 Å². The zero-order valence-corrected chi connectivity index (χ0v) is 13.3. The molecule has 1 aromatic carbocycles. The maximum Gasteiger partial charge on any atom is 0.139 e. The third kappa shape index (κ3) is 4.90. The highest BCUT2D eigenvalue weighted by molar-refractivity contribution is 5.43. The van der Waals surface area contributed by atoms with Crippen LogP contribution in [0.2, 0.25) is 0 Å². The number of halogens is 1. The van der Waals surface area contributed by atoms with E-state index in [-0.39, 0.29) is 12.4 Å². The summed E-state index contributed by atoms with van der Waals surface area (Å²) in [5.41, 5.74) is -0.226. The van der Waals surface area contributed by atoms with Crippen LogP contribution in [0.5, 0.6) is 11.5 Å². The van der Waals surface area contributed by atoms with Gasteiger partial charge in [0.25, 0.3) is 0 Å². The molecule has 0 radical (unpaired) electrons. The van der Waals surface area contributed by atoms with E-state index < -0.39 is 5.60 Å². The molecule has 0 aromatic heterocycles. The Morgan fingerprint density at radius 2 is 1.74 bits per heavy atom. The molecule has 0 bridgehead atoms. The van der Waals surface area contributed by atoms with E-state index in [0.29, 0.717) is 22.5 Å². The topological polar surface area (TPSA) is 38.7 Å². The number of hydrogen-bond donors (Lipinski definition) is 1. The minimum absolute atomic E-state index is 0. The molecule has 1 aromatic rings. The third-order valence-corrected chi connectivity index (χ3v) is 2.77. The number of hydrogen-bond acceptors (Lipinski definition) is 3. The number of nitrogens with zero attached hydrogens (tertiary/aromatic N) is 1. The van der Waals surface area contributed by atoms with Crippen molar-refractivity contribution in [3.05, 3.63) is 23.8 Å². The van der Waals surface area contributed by atoms with E-state index in [1.807, 2.05) is 39.3 Å². The Bertz CT molecular complexity index is 414. The number of methoxy groups -OCH3 is 2. The lowest BCUT2D eigenvalue weighted by molar-refractivity contribution is -0.877. The number of ether oxygens (including phenoxy) is 2. The largest absolute Gasteiger partial charge is 1.00 e. The Labute approximate surface area is 121 Å². The molecule has 0 heterocycles. The van der Waals surface area contributed by atoms with Gasteiger partial charge in [-0.05, 0) is 25.1 Å². The highest BCUT2D eigenvalue weighted by Gasteiger charge is 2.33. The van der Waals surface area contributed by atoms with E-state index in [4.69, 9.17) is 9.47 Å². The van der Waals surface area contributed by atoms with Crippen LogP contribution < -0.4 is 21.9 Å². The molecule has 1 N–H and O–H groups in total. The van der Waals surface area contributed by atoms with Crippen molar-refractivity contribution in [2.24, 2.45) is 0 Å². The number of likely N-dealkylation sites (N-methyl/N-ethyl adjacent to an activating group) is 1. The minimum Gasteiger partial charge on any atom is -1.00 e. The Morgan fingerprint density at radius 3 is 2.16 bits per heavy atom. The molecule has 19 heavy (non-hydrogen) atoms. The van der Waals surface area contributed by atoms with Gasteiger partial charge in [0.05, 0.1) is 35.4 Å². The Balaban J connectivity index is 0.00000324. The summed E-state index contributed by atoms with van der Waals surface area (Å²) in [7, 11) is 9.34. The Hall–Kier alpha value is -0.970. The Morgan fingerprint density at radius 1 is 1.16 bits per heavy atom. The fraction of sp³-hybridized carbons (Fsp3) is 0.571. The van der Waals surface area contributed by atoms with Gasteiger partial charge in [-0.3, -0.25) is 0 Å². The molecule has 0 saturated heterocycles. The van der Waals surface area contributed by atoms with Crippen molar-refractivity contribution in [1.82, 2.24) is 0 Å². The highest BCUT2D eigenvalue weighted by Crippen LogP contribution is 2.34. The molecule has 0 aliphatic rings. The van der Waals surface area contributed by atoms with Crippen LogP contribution in [-0.4, -0.2) is 51.5 Å². The van der Waals surface area contributed by atoms with E-state index >= 15 is 0 Å². The third-order valence-electron chi connectivity index (χ3n) is 2.77. The van der Waals surface area contributed by atoms with Gasteiger partial charge >= 0.3 is 0 Å². The first-order chi connectivity index (χ1) is 8.19. The van der Waals surface area contributed by atoms with Crippen molar-refractivity contribution < 1.29 is 31.5 Å². The second-order valence-corrected chi connectivity index (χ2v) is 5.79. The summed E-state index contributed by atoms with van der Waals surface area (Å²) in [5, 5.41) is 10.7. The van der Waals surface area contributed by atoms with Gasteiger partial charge in [0.1, 0.15) is 23.6 Å². The SMILES string of the molecule is COc1ccc(OC)c(C(C)(O)C[N+](C)(C)C)c1.[Cl-]. The van der Waals surface area contributed by atoms with Crippen LogP contribution in [0.25, 0.3) is 0 Å². The number of quaternary nitrogens is 1. The van der Waals surface area contributed by atoms with Crippen LogP contribution in [0.15, 0.2) is 18.2 Å². The van der Waals surface area contributed by atoms with Crippen molar-refractivity contribution in [2.45, 2.75) is 12.5 Å². The van der Waals surface area contributed by atoms with Crippen molar-refractivity contribution in [3.8, 4) is 11.5 Å². The van der Waals surface area contributed by atoms with E-state index in [9.17, 15) is 5.11 Å². The van der Waals surface area contributed by atoms with Crippen LogP contribution in [0, 0.1) is 0 Å². The minimum atomic E-state index is -0.974. The van der Waals surface area contributed by atoms with E-state index in [1.165, 1.54) is 0 Å². The predicted molar refractivity (Wildman–Crippen MR) is 72.0 cm³/mol. The maximum atomic E-state index is 10.7. The molecule has 0 saturated carbocycles. The molecule has 0 fully saturated rings. The number of aliphatic hydroxyl groups is 1. The molecule has 4 nitrogen and oxygen atoms in total. The Kier molecular flexibility index (Phi) is 6.13. The number of rotatable bonds is 5. The van der Waals surface area contributed by atoms with Gasteiger partial charge in [-0.2, -0.15) is 0 Å². The average molecular weight is 290 g/mol. The fourth-order valence-corrected chi connectivity index (χ4v) is 2.24. The maximum absolute atomic E-state index is 10.7. The smallest absolute Gasteiger partial charge is 0.139 e. The summed E-state index contributed by atoms with van der Waals surface area (Å²) in [4.78, 5) is 0. The average Bonchev–Trinajstić information content (AvgIpc) is 2.25. The van der Waals surface area contributed by atoms with Gasteiger partial charge in [-0.15, -0.1) is 0 Å². The molecular formula is C14H24ClNO3. The van der Waals surface area contributed by atoms with Crippen molar-refractivity contribution in [1.29, 1.82) is 0 Å². The summed E-state index contributed by atoms with van der Waals surface area (Å²) in [6, 6.07) is 5.47. The zero-order chi connectivity index (χ0) is 14.0. The van der Waals surface area contributed by atoms with Crippen LogP contribution in [-0.2, 0) is 5.60 Å². The first-order valence-corrected chi connectivity index (χ1v) is 5.95. The molecule has 1 rings (SSSR count). The summed E-state index contributed by atoms with van der Waals surface area (Å²) in [6.45, 7) is 2.38. The van der Waals surface area contributed by atoms with Crippen LogP contribution >= 0.6 is 0 Å². The summed E-state index contributed by atoms with van der Waals surface area (Å²) >= 11 is 0. The van der Waals surface area contributed by atoms with Gasteiger partial charge in [-0.25, -0.2) is 0 Å². The molecule has 1 unspecified atom stereocenters. The highest BCUT2D eigenvalue weighted by atomic mass is 35.5. The van der Waals surface area contributed by atoms with Crippen LogP contribution in [0.4, 0.5) is 0 Å². The van der Waals surface area contributed by atoms with Gasteiger partial charge in [0.2, 0.25) is 0 Å². The second-order valence-electron chi connectivity index (χ2n) is 5.79. The summed E-state index contributed by atoms with van der Waals surface area (Å²) in [5.74, 6) is 1.39. The monoisotopic (exact) mass is 289 g/mol.